The smallest absolute Gasteiger partial charge is 0.170 e. The Morgan fingerprint density at radius 2 is 0.857 bits per heavy atom. The third-order valence-electron chi connectivity index (χ3n) is 5.54. The molecule has 3 rings (SSSR count). The number of rotatable bonds is 6. The molecular formula is C24H30O2Si2. The van der Waals surface area contributed by atoms with E-state index in [1.807, 2.05) is 60.7 Å². The number of benzene rings is 2. The maximum atomic E-state index is 13.6. The van der Waals surface area contributed by atoms with Crippen molar-refractivity contribution >= 4 is 27.7 Å². The number of carbonyl (C=O) groups is 2. The summed E-state index contributed by atoms with van der Waals surface area (Å²) in [6.45, 7) is 13.8. The van der Waals surface area contributed by atoms with Crippen LogP contribution in [0.5, 0.6) is 0 Å². The van der Waals surface area contributed by atoms with Crippen LogP contribution in [0.25, 0.3) is 0 Å². The second-order valence-electron chi connectivity index (χ2n) is 9.74. The molecule has 2 aromatic carbocycles. The van der Waals surface area contributed by atoms with E-state index in [2.05, 4.69) is 39.3 Å². The molecule has 1 aliphatic carbocycles. The highest BCUT2D eigenvalue weighted by Crippen LogP contribution is 2.51. The van der Waals surface area contributed by atoms with Gasteiger partial charge in [-0.2, -0.15) is 0 Å². The van der Waals surface area contributed by atoms with Gasteiger partial charge in [0.15, 0.2) is 11.6 Å². The first-order chi connectivity index (χ1) is 13.0. The molecule has 0 N–H and O–H groups in total. The standard InChI is InChI=1S/C24H30O2Si2/c1-27(2,3)23-19(21(25)17-13-9-7-10-14-17)20(24(23)28(4,5)6)22(26)18-15-11-8-12-16-18/h7-16,19-20H,1-6H3/t19-,20-/m1/s1. The molecule has 0 bridgehead atoms. The number of ketones is 2. The van der Waals surface area contributed by atoms with Gasteiger partial charge in [0.1, 0.15) is 0 Å². The van der Waals surface area contributed by atoms with Gasteiger partial charge in [0.25, 0.3) is 0 Å². The van der Waals surface area contributed by atoms with E-state index in [1.165, 1.54) is 10.4 Å². The van der Waals surface area contributed by atoms with E-state index in [0.717, 1.165) is 0 Å². The minimum Gasteiger partial charge on any atom is -0.293 e. The van der Waals surface area contributed by atoms with Crippen molar-refractivity contribution < 1.29 is 9.59 Å². The van der Waals surface area contributed by atoms with Crippen LogP contribution in [0.3, 0.4) is 0 Å². The van der Waals surface area contributed by atoms with Crippen LogP contribution in [0.1, 0.15) is 20.7 Å². The number of Topliss-reactive ketones (excluding diaryl/α,β-unsaturated/α-hetero) is 2. The monoisotopic (exact) mass is 406 g/mol. The molecule has 2 aromatic rings. The van der Waals surface area contributed by atoms with Crippen LogP contribution < -0.4 is 0 Å². The average Bonchev–Trinajstić information content (AvgIpc) is 2.60. The minimum atomic E-state index is -1.75. The van der Waals surface area contributed by atoms with Crippen LogP contribution in [0.15, 0.2) is 71.1 Å². The summed E-state index contributed by atoms with van der Waals surface area (Å²) in [5.74, 6) is -0.393. The van der Waals surface area contributed by atoms with Gasteiger partial charge in [-0.25, -0.2) is 0 Å². The van der Waals surface area contributed by atoms with Gasteiger partial charge in [0.2, 0.25) is 0 Å². The quantitative estimate of drug-likeness (QED) is 0.432. The molecule has 0 aromatic heterocycles. The summed E-state index contributed by atoms with van der Waals surface area (Å²) in [5.41, 5.74) is 1.42. The molecule has 1 aliphatic rings. The Labute approximate surface area is 170 Å². The lowest BCUT2D eigenvalue weighted by atomic mass is 9.72. The van der Waals surface area contributed by atoms with Gasteiger partial charge in [-0.05, 0) is 0 Å². The molecular weight excluding hydrogens is 376 g/mol. The van der Waals surface area contributed by atoms with Gasteiger partial charge in [-0.1, -0.05) is 110 Å². The summed E-state index contributed by atoms with van der Waals surface area (Å²) in [6.07, 6.45) is 0. The van der Waals surface area contributed by atoms with E-state index in [4.69, 9.17) is 0 Å². The molecule has 0 aliphatic heterocycles. The van der Waals surface area contributed by atoms with Gasteiger partial charge in [-0.15, -0.1) is 0 Å². The first-order valence-electron chi connectivity index (χ1n) is 9.97. The van der Waals surface area contributed by atoms with Crippen molar-refractivity contribution in [3.63, 3.8) is 0 Å². The van der Waals surface area contributed by atoms with Crippen molar-refractivity contribution in [2.45, 2.75) is 39.3 Å². The molecule has 2 nitrogen and oxygen atoms in total. The molecule has 0 unspecified atom stereocenters. The Hall–Kier alpha value is -2.05. The Bertz CT molecular complexity index is 839. The topological polar surface area (TPSA) is 34.1 Å². The van der Waals surface area contributed by atoms with Crippen LogP contribution in [0.4, 0.5) is 0 Å². The molecule has 28 heavy (non-hydrogen) atoms. The van der Waals surface area contributed by atoms with Gasteiger partial charge < -0.3 is 0 Å². The van der Waals surface area contributed by atoms with Gasteiger partial charge in [0, 0.05) is 11.1 Å². The fraction of sp³-hybridized carbons (Fsp3) is 0.333. The number of carbonyl (C=O) groups excluding carboxylic acids is 2. The largest absolute Gasteiger partial charge is 0.293 e. The molecule has 0 fully saturated rings. The zero-order chi connectivity index (χ0) is 20.7. The van der Waals surface area contributed by atoms with E-state index < -0.39 is 16.1 Å². The number of hydrogen-bond acceptors (Lipinski definition) is 2. The fourth-order valence-corrected chi connectivity index (χ4v) is 11.1. The zero-order valence-corrected chi connectivity index (χ0v) is 19.7. The van der Waals surface area contributed by atoms with Crippen molar-refractivity contribution in [3.05, 3.63) is 82.2 Å². The van der Waals surface area contributed by atoms with E-state index in [1.54, 1.807) is 0 Å². The second-order valence-corrected chi connectivity index (χ2v) is 19.8. The Balaban J connectivity index is 2.17. The maximum absolute atomic E-state index is 13.6. The van der Waals surface area contributed by atoms with Crippen molar-refractivity contribution in [2.24, 2.45) is 11.8 Å². The molecule has 2 atom stereocenters. The average molecular weight is 407 g/mol. The van der Waals surface area contributed by atoms with E-state index in [9.17, 15) is 9.59 Å². The third-order valence-corrected chi connectivity index (χ3v) is 10.2. The van der Waals surface area contributed by atoms with Gasteiger partial charge >= 0.3 is 0 Å². The predicted octanol–water partition coefficient (Wildman–Crippen LogP) is 6.05. The van der Waals surface area contributed by atoms with Crippen LogP contribution >= 0.6 is 0 Å². The normalized spacial score (nSPS) is 19.9. The summed E-state index contributed by atoms with van der Waals surface area (Å²) in [6, 6.07) is 19.0. The Morgan fingerprint density at radius 3 is 1.11 bits per heavy atom. The number of hydrogen-bond donors (Lipinski definition) is 0. The lowest BCUT2D eigenvalue weighted by molar-refractivity contribution is 0.0799. The molecule has 0 saturated carbocycles. The molecule has 0 radical (unpaired) electrons. The summed E-state index contributed by atoms with van der Waals surface area (Å²) in [5, 5.41) is 2.66. The van der Waals surface area contributed by atoms with Gasteiger partial charge in [-0.3, -0.25) is 9.59 Å². The first-order valence-corrected chi connectivity index (χ1v) is 17.0. The van der Waals surface area contributed by atoms with Crippen molar-refractivity contribution in [1.82, 2.24) is 0 Å². The Kier molecular flexibility index (Phi) is 5.47. The summed E-state index contributed by atoms with van der Waals surface area (Å²) < 4.78 is 0. The maximum Gasteiger partial charge on any atom is 0.170 e. The summed E-state index contributed by atoms with van der Waals surface area (Å²) in [7, 11) is -3.51. The molecule has 0 spiro atoms. The van der Waals surface area contributed by atoms with Crippen LogP contribution in [0, 0.1) is 11.8 Å². The molecule has 4 heteroatoms. The molecule has 0 saturated heterocycles. The van der Waals surface area contributed by atoms with Gasteiger partial charge in [0.05, 0.1) is 28.0 Å². The second kappa shape index (κ2) is 7.41. The fourth-order valence-electron chi connectivity index (χ4n) is 4.44. The highest BCUT2D eigenvalue weighted by molar-refractivity contribution is 6.90. The van der Waals surface area contributed by atoms with Crippen molar-refractivity contribution in [1.29, 1.82) is 0 Å². The highest BCUT2D eigenvalue weighted by atomic mass is 28.3. The first kappa shape index (κ1) is 20.7. The molecule has 0 heterocycles. The van der Waals surface area contributed by atoms with Crippen LogP contribution in [-0.2, 0) is 0 Å². The Morgan fingerprint density at radius 1 is 0.571 bits per heavy atom. The van der Waals surface area contributed by atoms with Crippen LogP contribution in [-0.4, -0.2) is 27.7 Å². The van der Waals surface area contributed by atoms with Crippen molar-refractivity contribution in [3.8, 4) is 0 Å². The minimum absolute atomic E-state index is 0.106. The molecule has 146 valence electrons. The van der Waals surface area contributed by atoms with E-state index >= 15 is 0 Å². The SMILES string of the molecule is C[Si](C)(C)C1=C([Si](C)(C)C)[C@@H](C(=O)c2ccccc2)[C@@H]1C(=O)c1ccccc1. The summed E-state index contributed by atoms with van der Waals surface area (Å²) in [4.78, 5) is 27.1. The predicted molar refractivity (Wildman–Crippen MR) is 122 cm³/mol. The number of allylic oxidation sites excluding steroid dienone is 2. The van der Waals surface area contributed by atoms with Crippen molar-refractivity contribution in [2.75, 3.05) is 0 Å². The lowest BCUT2D eigenvalue weighted by Gasteiger charge is -2.50. The van der Waals surface area contributed by atoms with E-state index in [0.29, 0.717) is 11.1 Å². The molecule has 0 amide bonds. The summed E-state index contributed by atoms with van der Waals surface area (Å²) >= 11 is 0. The van der Waals surface area contributed by atoms with Crippen LogP contribution in [0.2, 0.25) is 39.3 Å². The highest BCUT2D eigenvalue weighted by Gasteiger charge is 2.55. The zero-order valence-electron chi connectivity index (χ0n) is 17.7. The lowest BCUT2D eigenvalue weighted by Crippen LogP contribution is -2.55. The van der Waals surface area contributed by atoms with E-state index in [-0.39, 0.29) is 23.4 Å². The third kappa shape index (κ3) is 3.76.